The van der Waals surface area contributed by atoms with Crippen molar-refractivity contribution in [2.24, 2.45) is 0 Å². The molecule has 0 heterocycles. The van der Waals surface area contributed by atoms with Crippen LogP contribution in [0.1, 0.15) is 30.9 Å². The van der Waals surface area contributed by atoms with Gasteiger partial charge in [-0.2, -0.15) is 0 Å². The molecule has 0 radical (unpaired) electrons. The number of ether oxygens (including phenoxy) is 4. The van der Waals surface area contributed by atoms with Gasteiger partial charge in [-0.15, -0.1) is 0 Å². The van der Waals surface area contributed by atoms with Gasteiger partial charge < -0.3 is 24.1 Å². The Balaban J connectivity index is 2.70. The fraction of sp³-hybridized carbons (Fsp3) is 0.556. The zero-order valence-electron chi connectivity index (χ0n) is 14.3. The number of aliphatic hydroxyl groups excluding tert-OH is 1. The monoisotopic (exact) mass is 324 g/mol. The van der Waals surface area contributed by atoms with Crippen molar-refractivity contribution in [2.75, 3.05) is 34.4 Å². The molecule has 0 fully saturated rings. The number of methoxy groups -OCH3 is 2. The average molecular weight is 324 g/mol. The van der Waals surface area contributed by atoms with Crippen molar-refractivity contribution in [3.63, 3.8) is 0 Å². The van der Waals surface area contributed by atoms with E-state index >= 15 is 0 Å². The minimum Gasteiger partial charge on any atom is -0.467 e. The summed E-state index contributed by atoms with van der Waals surface area (Å²) in [6.45, 7) is 2.94. The first-order chi connectivity index (χ1) is 11.2. The summed E-state index contributed by atoms with van der Waals surface area (Å²) in [5.74, 6) is 0.809. The molecule has 1 aromatic rings. The summed E-state index contributed by atoms with van der Waals surface area (Å²) in [6, 6.07) is 6.02. The molecule has 0 aliphatic heterocycles. The second-order valence-electron chi connectivity index (χ2n) is 5.26. The minimum atomic E-state index is -0.494. The standard InChI is InChI=1S/C18H28O5/c1-15(19)10-11-17-9-6-8-16(18(17)23-14-21-3)7-4-5-12-22-13-20-2/h6,8-11,15,19H,4-5,7,12-14H2,1-3H3/b11-10+/t15-/m1/s1. The third-order valence-corrected chi connectivity index (χ3v) is 3.19. The lowest BCUT2D eigenvalue weighted by atomic mass is 10.0. The molecule has 5 nitrogen and oxygen atoms in total. The normalized spacial score (nSPS) is 12.7. The summed E-state index contributed by atoms with van der Waals surface area (Å²) < 4.78 is 20.9. The smallest absolute Gasteiger partial charge is 0.188 e. The van der Waals surface area contributed by atoms with E-state index in [1.54, 1.807) is 27.2 Å². The van der Waals surface area contributed by atoms with E-state index in [1.807, 2.05) is 18.2 Å². The van der Waals surface area contributed by atoms with Crippen LogP contribution in [0.2, 0.25) is 0 Å². The summed E-state index contributed by atoms with van der Waals surface area (Å²) >= 11 is 0. The summed E-state index contributed by atoms with van der Waals surface area (Å²) in [4.78, 5) is 0. The number of benzene rings is 1. The number of aryl methyl sites for hydroxylation is 1. The highest BCUT2D eigenvalue weighted by Gasteiger charge is 2.08. The van der Waals surface area contributed by atoms with Crippen LogP contribution in [0.15, 0.2) is 24.3 Å². The lowest BCUT2D eigenvalue weighted by molar-refractivity contribution is -0.0314. The topological polar surface area (TPSA) is 57.2 Å². The molecule has 0 aromatic heterocycles. The van der Waals surface area contributed by atoms with Gasteiger partial charge >= 0.3 is 0 Å². The van der Waals surface area contributed by atoms with E-state index in [1.165, 1.54) is 0 Å². The molecule has 0 unspecified atom stereocenters. The van der Waals surface area contributed by atoms with Crippen molar-refractivity contribution >= 4 is 6.08 Å². The van der Waals surface area contributed by atoms with Gasteiger partial charge in [0.15, 0.2) is 6.79 Å². The lowest BCUT2D eigenvalue weighted by Gasteiger charge is -2.14. The van der Waals surface area contributed by atoms with Gasteiger partial charge in [-0.05, 0) is 31.7 Å². The molecule has 0 aliphatic carbocycles. The molecule has 0 amide bonds. The van der Waals surface area contributed by atoms with Crippen LogP contribution in [-0.2, 0) is 20.6 Å². The first-order valence-electron chi connectivity index (χ1n) is 7.85. The number of hydrogen-bond donors (Lipinski definition) is 1. The molecule has 0 saturated heterocycles. The fourth-order valence-electron chi connectivity index (χ4n) is 2.13. The van der Waals surface area contributed by atoms with Crippen LogP contribution < -0.4 is 4.74 Å². The summed E-state index contributed by atoms with van der Waals surface area (Å²) in [7, 11) is 3.22. The Labute approximate surface area is 138 Å². The Morgan fingerprint density at radius 3 is 2.61 bits per heavy atom. The number of hydrogen-bond acceptors (Lipinski definition) is 5. The Morgan fingerprint density at radius 1 is 1.13 bits per heavy atom. The highest BCUT2D eigenvalue weighted by molar-refractivity contribution is 5.60. The maximum absolute atomic E-state index is 9.42. The third kappa shape index (κ3) is 8.13. The van der Waals surface area contributed by atoms with Crippen LogP contribution >= 0.6 is 0 Å². The van der Waals surface area contributed by atoms with E-state index in [0.29, 0.717) is 13.4 Å². The fourth-order valence-corrected chi connectivity index (χ4v) is 2.13. The van der Waals surface area contributed by atoms with E-state index in [-0.39, 0.29) is 6.79 Å². The van der Waals surface area contributed by atoms with Crippen LogP contribution in [0.25, 0.3) is 6.08 Å². The van der Waals surface area contributed by atoms with Gasteiger partial charge in [-0.25, -0.2) is 0 Å². The summed E-state index contributed by atoms with van der Waals surface area (Å²) in [5, 5.41) is 9.42. The molecular weight excluding hydrogens is 296 g/mol. The number of rotatable bonds is 12. The SMILES string of the molecule is COCOCCCCc1cccc(/C=C/[C@@H](C)O)c1OCOC. The Bertz CT molecular complexity index is 457. The predicted molar refractivity (Wildman–Crippen MR) is 90.4 cm³/mol. The molecule has 0 saturated carbocycles. The molecule has 5 heteroatoms. The maximum Gasteiger partial charge on any atom is 0.188 e. The van der Waals surface area contributed by atoms with Crippen molar-refractivity contribution < 1.29 is 24.1 Å². The summed E-state index contributed by atoms with van der Waals surface area (Å²) in [6.07, 6.45) is 5.97. The quantitative estimate of drug-likeness (QED) is 0.473. The van der Waals surface area contributed by atoms with Crippen LogP contribution in [0.3, 0.4) is 0 Å². The molecule has 23 heavy (non-hydrogen) atoms. The van der Waals surface area contributed by atoms with Crippen molar-refractivity contribution in [2.45, 2.75) is 32.3 Å². The first-order valence-corrected chi connectivity index (χ1v) is 7.85. The third-order valence-electron chi connectivity index (χ3n) is 3.19. The first kappa shape index (κ1) is 19.6. The Morgan fingerprint density at radius 2 is 1.91 bits per heavy atom. The lowest BCUT2D eigenvalue weighted by Crippen LogP contribution is -2.04. The van der Waals surface area contributed by atoms with Crippen molar-refractivity contribution in [1.82, 2.24) is 0 Å². The van der Waals surface area contributed by atoms with Gasteiger partial charge in [0.25, 0.3) is 0 Å². The van der Waals surface area contributed by atoms with Crippen LogP contribution in [0.5, 0.6) is 5.75 Å². The second-order valence-corrected chi connectivity index (χ2v) is 5.26. The van der Waals surface area contributed by atoms with E-state index < -0.39 is 6.10 Å². The molecule has 1 rings (SSSR count). The minimum absolute atomic E-state index is 0.198. The number of aliphatic hydroxyl groups is 1. The molecule has 1 aromatic carbocycles. The Kier molecular flexibility index (Phi) is 10.3. The molecule has 0 bridgehead atoms. The van der Waals surface area contributed by atoms with Crippen LogP contribution in [0.4, 0.5) is 0 Å². The predicted octanol–water partition coefficient (Wildman–Crippen LogP) is 3.01. The van der Waals surface area contributed by atoms with E-state index in [2.05, 4.69) is 6.07 Å². The van der Waals surface area contributed by atoms with E-state index in [0.717, 1.165) is 36.1 Å². The van der Waals surface area contributed by atoms with Gasteiger partial charge in [-0.1, -0.05) is 30.4 Å². The molecule has 1 atom stereocenters. The maximum atomic E-state index is 9.42. The molecule has 0 aliphatic rings. The van der Waals surface area contributed by atoms with Gasteiger partial charge in [0, 0.05) is 26.4 Å². The van der Waals surface area contributed by atoms with Crippen molar-refractivity contribution in [3.8, 4) is 5.75 Å². The van der Waals surface area contributed by atoms with Gasteiger partial charge in [0.2, 0.25) is 0 Å². The molecule has 1 N–H and O–H groups in total. The zero-order valence-corrected chi connectivity index (χ0v) is 14.3. The van der Waals surface area contributed by atoms with Gasteiger partial charge in [0.1, 0.15) is 12.5 Å². The highest BCUT2D eigenvalue weighted by atomic mass is 16.7. The van der Waals surface area contributed by atoms with Crippen LogP contribution in [0, 0.1) is 0 Å². The van der Waals surface area contributed by atoms with Crippen molar-refractivity contribution in [1.29, 1.82) is 0 Å². The zero-order chi connectivity index (χ0) is 16.9. The van der Waals surface area contributed by atoms with E-state index in [4.69, 9.17) is 18.9 Å². The van der Waals surface area contributed by atoms with E-state index in [9.17, 15) is 5.11 Å². The molecule has 130 valence electrons. The number of para-hydroxylation sites is 1. The Hall–Kier alpha value is -1.40. The van der Waals surface area contributed by atoms with Gasteiger partial charge in [0.05, 0.1) is 6.10 Å². The summed E-state index contributed by atoms with van der Waals surface area (Å²) in [5.41, 5.74) is 2.07. The van der Waals surface area contributed by atoms with Gasteiger partial charge in [-0.3, -0.25) is 0 Å². The average Bonchev–Trinajstić information content (AvgIpc) is 2.54. The number of unbranched alkanes of at least 4 members (excludes halogenated alkanes) is 1. The van der Waals surface area contributed by atoms with Crippen LogP contribution in [-0.4, -0.2) is 45.6 Å². The highest BCUT2D eigenvalue weighted by Crippen LogP contribution is 2.27. The molecular formula is C18H28O5. The second kappa shape index (κ2) is 12.1. The van der Waals surface area contributed by atoms with Crippen molar-refractivity contribution in [3.05, 3.63) is 35.4 Å². The largest absolute Gasteiger partial charge is 0.467 e. The molecule has 0 spiro atoms.